The third-order valence-corrected chi connectivity index (χ3v) is 7.72. The van der Waals surface area contributed by atoms with Gasteiger partial charge in [-0.3, -0.25) is 9.69 Å². The maximum Gasteiger partial charge on any atom is 0.245 e. The molecule has 2 aliphatic rings. The maximum absolute atomic E-state index is 13.6. The number of benzene rings is 2. The molecule has 0 spiro atoms. The monoisotopic (exact) mass is 443 g/mol. The van der Waals surface area contributed by atoms with Gasteiger partial charge in [-0.1, -0.05) is 48.0 Å². The summed E-state index contributed by atoms with van der Waals surface area (Å²) in [5.41, 5.74) is 1.80. The average molecular weight is 444 g/mol. The van der Waals surface area contributed by atoms with Gasteiger partial charge >= 0.3 is 0 Å². The third kappa shape index (κ3) is 4.82. The van der Waals surface area contributed by atoms with E-state index < -0.39 is 16.2 Å². The molecule has 2 aliphatic heterocycles. The highest BCUT2D eigenvalue weighted by atomic mass is 32.2. The Morgan fingerprint density at radius 1 is 0.968 bits per heavy atom. The van der Waals surface area contributed by atoms with Crippen LogP contribution >= 0.6 is 0 Å². The molecule has 1 unspecified atom stereocenters. The molecule has 0 radical (unpaired) electrons. The van der Waals surface area contributed by atoms with Gasteiger partial charge < -0.3 is 9.64 Å². The van der Waals surface area contributed by atoms with Crippen LogP contribution in [0.4, 0.5) is 0 Å². The SMILES string of the molecule is Cc1ccc(S(=O)(=O)N2CCCN(C(=O)CN3CCOCC3)C2c2ccccc2)cc1. The number of hydrogen-bond acceptors (Lipinski definition) is 5. The fourth-order valence-electron chi connectivity index (χ4n) is 4.17. The van der Waals surface area contributed by atoms with E-state index in [2.05, 4.69) is 4.90 Å². The molecule has 0 aromatic heterocycles. The van der Waals surface area contributed by atoms with Crippen LogP contribution in [0.5, 0.6) is 0 Å². The Balaban J connectivity index is 1.67. The van der Waals surface area contributed by atoms with Crippen molar-refractivity contribution in [2.75, 3.05) is 45.9 Å². The molecule has 2 fully saturated rings. The lowest BCUT2D eigenvalue weighted by molar-refractivity contribution is -0.140. The number of carbonyl (C=O) groups is 1. The molecule has 1 amide bonds. The van der Waals surface area contributed by atoms with Crippen LogP contribution in [-0.2, 0) is 19.6 Å². The van der Waals surface area contributed by atoms with E-state index in [1.54, 1.807) is 29.2 Å². The largest absolute Gasteiger partial charge is 0.379 e. The molecule has 2 saturated heterocycles. The molecule has 1 atom stereocenters. The number of sulfonamides is 1. The van der Waals surface area contributed by atoms with Gasteiger partial charge in [-0.05, 0) is 31.0 Å². The van der Waals surface area contributed by atoms with Crippen LogP contribution in [0, 0.1) is 6.92 Å². The molecule has 2 heterocycles. The molecule has 166 valence electrons. The van der Waals surface area contributed by atoms with Crippen LogP contribution in [0.25, 0.3) is 0 Å². The molecule has 0 N–H and O–H groups in total. The van der Waals surface area contributed by atoms with E-state index in [0.29, 0.717) is 45.8 Å². The second kappa shape index (κ2) is 9.48. The van der Waals surface area contributed by atoms with Gasteiger partial charge in [-0.2, -0.15) is 4.31 Å². The number of nitrogens with zero attached hydrogens (tertiary/aromatic N) is 3. The highest BCUT2D eigenvalue weighted by molar-refractivity contribution is 7.89. The lowest BCUT2D eigenvalue weighted by atomic mass is 10.1. The first kappa shape index (κ1) is 22.0. The minimum Gasteiger partial charge on any atom is -0.379 e. The first-order chi connectivity index (χ1) is 15.0. The van der Waals surface area contributed by atoms with Crippen molar-refractivity contribution in [3.05, 3.63) is 65.7 Å². The summed E-state index contributed by atoms with van der Waals surface area (Å²) < 4.78 is 34.1. The lowest BCUT2D eigenvalue weighted by Gasteiger charge is -2.44. The second-order valence-electron chi connectivity index (χ2n) is 8.04. The van der Waals surface area contributed by atoms with Crippen molar-refractivity contribution >= 4 is 15.9 Å². The van der Waals surface area contributed by atoms with Crippen LogP contribution in [0.2, 0.25) is 0 Å². The number of ether oxygens (including phenoxy) is 1. The van der Waals surface area contributed by atoms with Crippen molar-refractivity contribution in [2.24, 2.45) is 0 Å². The first-order valence-electron chi connectivity index (χ1n) is 10.7. The van der Waals surface area contributed by atoms with Gasteiger partial charge in [0.25, 0.3) is 0 Å². The molecular formula is C23H29N3O4S. The molecule has 7 nitrogen and oxygen atoms in total. The summed E-state index contributed by atoms with van der Waals surface area (Å²) in [5, 5.41) is 0. The number of rotatable bonds is 5. The van der Waals surface area contributed by atoms with E-state index >= 15 is 0 Å². The van der Waals surface area contributed by atoms with Gasteiger partial charge in [0.05, 0.1) is 24.7 Å². The Labute approximate surface area is 184 Å². The number of carbonyl (C=O) groups excluding carboxylic acids is 1. The fraction of sp³-hybridized carbons (Fsp3) is 0.435. The van der Waals surface area contributed by atoms with Crippen molar-refractivity contribution in [3.8, 4) is 0 Å². The van der Waals surface area contributed by atoms with Crippen molar-refractivity contribution < 1.29 is 17.9 Å². The lowest BCUT2D eigenvalue weighted by Crippen LogP contribution is -2.54. The molecule has 0 bridgehead atoms. The number of hydrogen-bond donors (Lipinski definition) is 0. The highest BCUT2D eigenvalue weighted by Crippen LogP contribution is 2.34. The molecular weight excluding hydrogens is 414 g/mol. The summed E-state index contributed by atoms with van der Waals surface area (Å²) in [6.45, 7) is 5.75. The van der Waals surface area contributed by atoms with E-state index in [-0.39, 0.29) is 17.3 Å². The Kier molecular flexibility index (Phi) is 6.71. The minimum atomic E-state index is -3.77. The standard InChI is InChI=1S/C23H29N3O4S/c1-19-8-10-21(11-9-19)31(28,29)26-13-5-12-25(23(26)20-6-3-2-4-7-20)22(27)18-24-14-16-30-17-15-24/h2-4,6-11,23H,5,12-18H2,1H3. The van der Waals surface area contributed by atoms with E-state index in [0.717, 1.165) is 11.1 Å². The van der Waals surface area contributed by atoms with Crippen molar-refractivity contribution in [3.63, 3.8) is 0 Å². The zero-order valence-corrected chi connectivity index (χ0v) is 18.6. The first-order valence-corrected chi connectivity index (χ1v) is 12.1. The van der Waals surface area contributed by atoms with E-state index in [4.69, 9.17) is 4.74 Å². The van der Waals surface area contributed by atoms with Gasteiger partial charge in [-0.25, -0.2) is 8.42 Å². The summed E-state index contributed by atoms with van der Waals surface area (Å²) in [7, 11) is -3.77. The molecule has 0 saturated carbocycles. The molecule has 8 heteroatoms. The smallest absolute Gasteiger partial charge is 0.245 e. The summed E-state index contributed by atoms with van der Waals surface area (Å²) in [6, 6.07) is 16.3. The maximum atomic E-state index is 13.6. The predicted octanol–water partition coefficient (Wildman–Crippen LogP) is 2.25. The van der Waals surface area contributed by atoms with Gasteiger partial charge in [-0.15, -0.1) is 0 Å². The number of amides is 1. The van der Waals surface area contributed by atoms with Gasteiger partial charge in [0.1, 0.15) is 6.17 Å². The summed E-state index contributed by atoms with van der Waals surface area (Å²) in [6.07, 6.45) is -0.0571. The van der Waals surface area contributed by atoms with Crippen molar-refractivity contribution in [1.82, 2.24) is 14.1 Å². The Morgan fingerprint density at radius 2 is 1.65 bits per heavy atom. The van der Waals surface area contributed by atoms with Gasteiger partial charge in [0.2, 0.25) is 15.9 Å². The van der Waals surface area contributed by atoms with Crippen LogP contribution in [0.1, 0.15) is 23.7 Å². The summed E-state index contributed by atoms with van der Waals surface area (Å²) in [4.78, 5) is 17.4. The second-order valence-corrected chi connectivity index (χ2v) is 9.93. The summed E-state index contributed by atoms with van der Waals surface area (Å²) >= 11 is 0. The molecule has 2 aromatic carbocycles. The van der Waals surface area contributed by atoms with Crippen molar-refractivity contribution in [1.29, 1.82) is 0 Å². The fourth-order valence-corrected chi connectivity index (χ4v) is 5.79. The van der Waals surface area contributed by atoms with E-state index in [1.807, 2.05) is 37.3 Å². The normalized spacial score (nSPS) is 21.2. The van der Waals surface area contributed by atoms with Crippen LogP contribution < -0.4 is 0 Å². The quantitative estimate of drug-likeness (QED) is 0.709. The Hall–Kier alpha value is -2.26. The van der Waals surface area contributed by atoms with E-state index in [1.165, 1.54) is 4.31 Å². The van der Waals surface area contributed by atoms with Crippen molar-refractivity contribution in [2.45, 2.75) is 24.4 Å². The number of morpholine rings is 1. The average Bonchev–Trinajstić information content (AvgIpc) is 2.80. The number of aryl methyl sites for hydroxylation is 1. The van der Waals surface area contributed by atoms with Crippen LogP contribution in [-0.4, -0.2) is 74.4 Å². The topological polar surface area (TPSA) is 70.2 Å². The van der Waals surface area contributed by atoms with Crippen LogP contribution in [0.3, 0.4) is 0 Å². The Morgan fingerprint density at radius 3 is 2.32 bits per heavy atom. The van der Waals surface area contributed by atoms with Gasteiger partial charge in [0.15, 0.2) is 0 Å². The molecule has 4 rings (SSSR count). The molecule has 0 aliphatic carbocycles. The molecule has 2 aromatic rings. The molecule has 31 heavy (non-hydrogen) atoms. The zero-order chi connectivity index (χ0) is 21.8. The minimum absolute atomic E-state index is 0.0560. The highest BCUT2D eigenvalue weighted by Gasteiger charge is 2.41. The Bertz CT molecular complexity index is 989. The van der Waals surface area contributed by atoms with Crippen LogP contribution in [0.15, 0.2) is 59.5 Å². The predicted molar refractivity (Wildman–Crippen MR) is 118 cm³/mol. The zero-order valence-electron chi connectivity index (χ0n) is 17.8. The van der Waals surface area contributed by atoms with E-state index in [9.17, 15) is 13.2 Å². The third-order valence-electron chi connectivity index (χ3n) is 5.85. The summed E-state index contributed by atoms with van der Waals surface area (Å²) in [5.74, 6) is -0.0560. The van der Waals surface area contributed by atoms with Gasteiger partial charge in [0, 0.05) is 26.2 Å².